The van der Waals surface area contributed by atoms with E-state index in [0.29, 0.717) is 16.5 Å². The van der Waals surface area contributed by atoms with Crippen LogP contribution < -0.4 is 10.1 Å². The second kappa shape index (κ2) is 9.65. The number of hydrogen-bond donors (Lipinski definition) is 1. The molecular weight excluding hydrogens is 454 g/mol. The van der Waals surface area contributed by atoms with Gasteiger partial charge >= 0.3 is 5.82 Å². The van der Waals surface area contributed by atoms with E-state index >= 15 is 0 Å². The molecule has 0 bridgehead atoms. The van der Waals surface area contributed by atoms with Crippen LogP contribution in [0.25, 0.3) is 0 Å². The van der Waals surface area contributed by atoms with Crippen molar-refractivity contribution in [2.24, 2.45) is 5.92 Å². The van der Waals surface area contributed by atoms with Crippen molar-refractivity contribution < 1.29 is 19.4 Å². The lowest BCUT2D eigenvalue weighted by Gasteiger charge is -2.13. The number of amides is 1. The van der Waals surface area contributed by atoms with Crippen LogP contribution in [-0.2, 0) is 11.3 Å². The molecule has 172 valence electrons. The Morgan fingerprint density at radius 3 is 2.45 bits per heavy atom. The van der Waals surface area contributed by atoms with E-state index in [0.717, 1.165) is 5.56 Å². The molecule has 1 heterocycles. The molecule has 33 heavy (non-hydrogen) atoms. The van der Waals surface area contributed by atoms with Crippen LogP contribution in [-0.4, -0.2) is 25.5 Å². The van der Waals surface area contributed by atoms with Crippen LogP contribution >= 0.6 is 11.6 Å². The van der Waals surface area contributed by atoms with E-state index in [9.17, 15) is 25.0 Å². The van der Waals surface area contributed by atoms with Crippen LogP contribution in [0.5, 0.6) is 11.5 Å². The molecule has 0 aliphatic rings. The highest BCUT2D eigenvalue weighted by atomic mass is 35.5. The monoisotopic (exact) mass is 473 g/mol. The van der Waals surface area contributed by atoms with E-state index in [4.69, 9.17) is 16.3 Å². The van der Waals surface area contributed by atoms with Gasteiger partial charge in [-0.15, -0.1) is 0 Å². The van der Waals surface area contributed by atoms with E-state index in [1.54, 1.807) is 39.0 Å². The Balaban J connectivity index is 1.78. The highest BCUT2D eigenvalue weighted by Gasteiger charge is 2.22. The number of benzene rings is 2. The van der Waals surface area contributed by atoms with Crippen LogP contribution in [0.2, 0.25) is 5.02 Å². The molecule has 2 aromatic carbocycles. The Labute approximate surface area is 193 Å². The third kappa shape index (κ3) is 5.83. The van der Waals surface area contributed by atoms with Crippen molar-refractivity contribution in [3.63, 3.8) is 0 Å². The predicted octanol–water partition coefficient (Wildman–Crippen LogP) is 5.04. The molecule has 0 radical (unpaired) electrons. The third-order valence-corrected chi connectivity index (χ3v) is 5.21. The average molecular weight is 474 g/mol. The van der Waals surface area contributed by atoms with Crippen molar-refractivity contribution in [3.8, 4) is 11.5 Å². The number of halogens is 1. The van der Waals surface area contributed by atoms with Gasteiger partial charge in [0.2, 0.25) is 5.91 Å². The smallest absolute Gasteiger partial charge is 0.390 e. The summed E-state index contributed by atoms with van der Waals surface area (Å²) in [7, 11) is 0. The topological polar surface area (TPSA) is 142 Å². The maximum Gasteiger partial charge on any atom is 0.390 e. The maximum atomic E-state index is 12.7. The van der Waals surface area contributed by atoms with Gasteiger partial charge in [0.25, 0.3) is 5.69 Å². The first-order valence-electron chi connectivity index (χ1n) is 9.76. The van der Waals surface area contributed by atoms with Crippen LogP contribution in [0.4, 0.5) is 17.2 Å². The van der Waals surface area contributed by atoms with Gasteiger partial charge in [0.1, 0.15) is 11.5 Å². The Bertz CT molecular complexity index is 1240. The zero-order valence-corrected chi connectivity index (χ0v) is 18.7. The number of carbonyl (C=O) groups excluding carboxylic acids is 1. The van der Waals surface area contributed by atoms with Crippen LogP contribution in [0.3, 0.4) is 0 Å². The third-order valence-electron chi connectivity index (χ3n) is 4.78. The summed E-state index contributed by atoms with van der Waals surface area (Å²) in [4.78, 5) is 33.7. The lowest BCUT2D eigenvalue weighted by Crippen LogP contribution is -2.25. The Morgan fingerprint density at radius 2 is 1.85 bits per heavy atom. The molecule has 3 aromatic rings. The van der Waals surface area contributed by atoms with Gasteiger partial charge in [0.05, 0.1) is 46.0 Å². The van der Waals surface area contributed by atoms with Crippen molar-refractivity contribution in [1.29, 1.82) is 0 Å². The molecule has 0 saturated carbocycles. The number of ether oxygens (including phenoxy) is 1. The summed E-state index contributed by atoms with van der Waals surface area (Å²) in [6, 6.07) is 10.2. The first-order valence-corrected chi connectivity index (χ1v) is 10.1. The molecular formula is C21H20ClN5O6. The zero-order chi connectivity index (χ0) is 24.3. The van der Waals surface area contributed by atoms with Gasteiger partial charge < -0.3 is 20.2 Å². The van der Waals surface area contributed by atoms with Gasteiger partial charge in [-0.05, 0) is 42.5 Å². The number of anilines is 1. The minimum Gasteiger partial charge on any atom is -0.457 e. The van der Waals surface area contributed by atoms with E-state index in [-0.39, 0.29) is 29.5 Å². The van der Waals surface area contributed by atoms with Crippen molar-refractivity contribution >= 4 is 34.7 Å². The number of aromatic nitrogens is 2. The van der Waals surface area contributed by atoms with E-state index in [1.807, 2.05) is 0 Å². The standard InChI is InChI=1S/C21H20ClN5O6/c1-12-6-17(4-5-19(12)22)33-18-9-15(8-16(10-18)26(29)30)23-21(28)13(2)11-25-14(3)7-20(24-25)27(31)32/h4-10,13H,11H2,1-3H3,(H,23,28). The number of nitrogens with zero attached hydrogens (tertiary/aromatic N) is 4. The fourth-order valence-electron chi connectivity index (χ4n) is 3.01. The first-order chi connectivity index (χ1) is 15.5. The molecule has 0 fully saturated rings. The Kier molecular flexibility index (Phi) is 6.92. The molecule has 1 aromatic heterocycles. The zero-order valence-electron chi connectivity index (χ0n) is 17.9. The SMILES string of the molecule is Cc1cc(Oc2cc(NC(=O)C(C)Cn3nc([N+](=O)[O-])cc3C)cc([N+](=O)[O-])c2)ccc1Cl. The summed E-state index contributed by atoms with van der Waals surface area (Å²) in [5, 5.41) is 29.3. The van der Waals surface area contributed by atoms with E-state index < -0.39 is 21.7 Å². The largest absolute Gasteiger partial charge is 0.457 e. The fraction of sp³-hybridized carbons (Fsp3) is 0.238. The van der Waals surface area contributed by atoms with Crippen molar-refractivity contribution in [1.82, 2.24) is 9.78 Å². The van der Waals surface area contributed by atoms with Gasteiger partial charge in [-0.3, -0.25) is 14.9 Å². The summed E-state index contributed by atoms with van der Waals surface area (Å²) >= 11 is 6.02. The van der Waals surface area contributed by atoms with Crippen molar-refractivity contribution in [2.45, 2.75) is 27.3 Å². The number of nitro benzene ring substituents is 1. The summed E-state index contributed by atoms with van der Waals surface area (Å²) in [6.45, 7) is 5.15. The summed E-state index contributed by atoms with van der Waals surface area (Å²) in [6.07, 6.45) is 0. The summed E-state index contributed by atoms with van der Waals surface area (Å²) in [5.74, 6) is -0.795. The number of aryl methyl sites for hydroxylation is 2. The number of rotatable bonds is 8. The molecule has 12 heteroatoms. The number of non-ortho nitro benzene ring substituents is 1. The molecule has 0 spiro atoms. The van der Waals surface area contributed by atoms with Gasteiger partial charge in [0, 0.05) is 17.2 Å². The molecule has 1 atom stereocenters. The second-order valence-electron chi connectivity index (χ2n) is 7.46. The number of hydrogen-bond acceptors (Lipinski definition) is 7. The number of nitro groups is 2. The van der Waals surface area contributed by atoms with Crippen molar-refractivity contribution in [2.75, 3.05) is 5.32 Å². The van der Waals surface area contributed by atoms with Crippen LogP contribution in [0.15, 0.2) is 42.5 Å². The lowest BCUT2D eigenvalue weighted by molar-refractivity contribution is -0.389. The van der Waals surface area contributed by atoms with Gasteiger partial charge in [-0.1, -0.05) is 18.5 Å². The van der Waals surface area contributed by atoms with Crippen LogP contribution in [0.1, 0.15) is 18.2 Å². The summed E-state index contributed by atoms with van der Waals surface area (Å²) in [5.41, 5.74) is 1.21. The van der Waals surface area contributed by atoms with Crippen LogP contribution in [0, 0.1) is 40.0 Å². The Morgan fingerprint density at radius 1 is 1.12 bits per heavy atom. The summed E-state index contributed by atoms with van der Waals surface area (Å²) < 4.78 is 7.10. The normalized spacial score (nSPS) is 11.6. The molecule has 0 saturated heterocycles. The fourth-order valence-corrected chi connectivity index (χ4v) is 3.13. The predicted molar refractivity (Wildman–Crippen MR) is 121 cm³/mol. The minimum absolute atomic E-state index is 0.0911. The number of carbonyl (C=O) groups is 1. The van der Waals surface area contributed by atoms with E-state index in [1.165, 1.54) is 28.9 Å². The first kappa shape index (κ1) is 23.7. The van der Waals surface area contributed by atoms with Gasteiger partial charge in [-0.25, -0.2) is 0 Å². The number of nitrogens with one attached hydrogen (secondary N) is 1. The van der Waals surface area contributed by atoms with Gasteiger partial charge in [-0.2, -0.15) is 4.68 Å². The lowest BCUT2D eigenvalue weighted by atomic mass is 10.1. The molecule has 0 aliphatic carbocycles. The minimum atomic E-state index is -0.634. The van der Waals surface area contributed by atoms with Gasteiger partial charge in [0.15, 0.2) is 0 Å². The Hall–Kier alpha value is -3.99. The van der Waals surface area contributed by atoms with E-state index in [2.05, 4.69) is 10.4 Å². The molecule has 3 rings (SSSR count). The molecule has 0 aliphatic heterocycles. The van der Waals surface area contributed by atoms with Crippen molar-refractivity contribution in [3.05, 3.63) is 79.0 Å². The average Bonchev–Trinajstić information content (AvgIpc) is 3.11. The highest BCUT2D eigenvalue weighted by Crippen LogP contribution is 2.31. The highest BCUT2D eigenvalue weighted by molar-refractivity contribution is 6.31. The second-order valence-corrected chi connectivity index (χ2v) is 7.87. The molecule has 11 nitrogen and oxygen atoms in total. The quantitative estimate of drug-likeness (QED) is 0.356. The molecule has 1 amide bonds. The molecule has 1 unspecified atom stereocenters. The molecule has 1 N–H and O–H groups in total. The maximum absolute atomic E-state index is 12.7.